The number of hydrogen-bond acceptors (Lipinski definition) is 6. The van der Waals surface area contributed by atoms with Crippen LogP contribution < -0.4 is 10.6 Å². The Labute approximate surface area is 201 Å². The van der Waals surface area contributed by atoms with Crippen LogP contribution in [0.3, 0.4) is 0 Å². The van der Waals surface area contributed by atoms with Crippen molar-refractivity contribution >= 4 is 45.1 Å². The van der Waals surface area contributed by atoms with Gasteiger partial charge in [-0.25, -0.2) is 0 Å². The Hall–Kier alpha value is -1.97. The van der Waals surface area contributed by atoms with E-state index < -0.39 is 0 Å². The van der Waals surface area contributed by atoms with Gasteiger partial charge in [0.15, 0.2) is 0 Å². The Kier molecular flexibility index (Phi) is 9.50. The van der Waals surface area contributed by atoms with Crippen LogP contribution in [-0.4, -0.2) is 63.3 Å². The topological polar surface area (TPSA) is 79.9 Å². The van der Waals surface area contributed by atoms with Gasteiger partial charge in [-0.15, -0.1) is 0 Å². The molecule has 3 rings (SSSR count). The number of ether oxygens (including phenoxy) is 2. The third kappa shape index (κ3) is 7.28. The fourth-order valence-corrected chi connectivity index (χ4v) is 4.11. The normalized spacial score (nSPS) is 15.2. The number of anilines is 1. The van der Waals surface area contributed by atoms with Crippen molar-refractivity contribution in [1.29, 1.82) is 0 Å². The summed E-state index contributed by atoms with van der Waals surface area (Å²) in [6.45, 7) is 3.76. The Morgan fingerprint density at radius 3 is 2.72 bits per heavy atom. The van der Waals surface area contributed by atoms with Crippen LogP contribution in [0.1, 0.15) is 23.6 Å². The zero-order valence-electron chi connectivity index (χ0n) is 17.9. The number of hydrogen-bond donors (Lipinski definition) is 2. The predicted octanol–water partition coefficient (Wildman–Crippen LogP) is 3.62. The average molecular weight is 525 g/mol. The molecular formula is C23H27BrClN3O4. The van der Waals surface area contributed by atoms with Crippen LogP contribution in [0.5, 0.6) is 0 Å². The molecule has 2 aromatic carbocycles. The SMILES string of the molecule is COC(=O)CN[C@@H](c1cccc(Cl)c1)c1cc(Br)ccc1NC(=O)CCN1CCOCC1. The first-order valence-electron chi connectivity index (χ1n) is 10.4. The molecule has 32 heavy (non-hydrogen) atoms. The molecule has 0 spiro atoms. The van der Waals surface area contributed by atoms with Gasteiger partial charge in [0.05, 0.1) is 32.9 Å². The first-order chi connectivity index (χ1) is 15.5. The molecule has 1 saturated heterocycles. The summed E-state index contributed by atoms with van der Waals surface area (Å²) >= 11 is 9.74. The smallest absolute Gasteiger partial charge is 0.319 e. The number of benzene rings is 2. The third-order valence-electron chi connectivity index (χ3n) is 5.22. The standard InChI is InChI=1S/C23H27BrClN3O4/c1-31-22(30)15-26-23(16-3-2-4-18(25)13-16)19-14-17(24)5-6-20(19)27-21(29)7-8-28-9-11-32-12-10-28/h2-6,13-14,23,26H,7-12,15H2,1H3,(H,27,29)/t23-/m0/s1. The molecule has 0 unspecified atom stereocenters. The molecule has 1 aliphatic heterocycles. The number of amides is 1. The van der Waals surface area contributed by atoms with Crippen molar-refractivity contribution in [3.63, 3.8) is 0 Å². The van der Waals surface area contributed by atoms with Crippen molar-refractivity contribution in [2.75, 3.05) is 51.8 Å². The number of morpholine rings is 1. The van der Waals surface area contributed by atoms with Gasteiger partial charge in [-0.3, -0.25) is 19.8 Å². The summed E-state index contributed by atoms with van der Waals surface area (Å²) in [4.78, 5) is 26.7. The quantitative estimate of drug-likeness (QED) is 0.488. The highest BCUT2D eigenvalue weighted by atomic mass is 79.9. The van der Waals surface area contributed by atoms with Gasteiger partial charge in [0.1, 0.15) is 0 Å². The number of carbonyl (C=O) groups is 2. The minimum Gasteiger partial charge on any atom is -0.468 e. The van der Waals surface area contributed by atoms with Crippen LogP contribution in [-0.2, 0) is 19.1 Å². The monoisotopic (exact) mass is 523 g/mol. The van der Waals surface area contributed by atoms with Crippen LogP contribution in [0.2, 0.25) is 5.02 Å². The van der Waals surface area contributed by atoms with Gasteiger partial charge < -0.3 is 14.8 Å². The first kappa shape index (κ1) is 24.7. The molecule has 2 N–H and O–H groups in total. The van der Waals surface area contributed by atoms with Crippen LogP contribution in [0.4, 0.5) is 5.69 Å². The molecule has 2 aromatic rings. The second kappa shape index (κ2) is 12.3. The van der Waals surface area contributed by atoms with Crippen molar-refractivity contribution in [1.82, 2.24) is 10.2 Å². The van der Waals surface area contributed by atoms with Gasteiger partial charge in [-0.1, -0.05) is 39.7 Å². The van der Waals surface area contributed by atoms with Gasteiger partial charge in [0.25, 0.3) is 0 Å². The van der Waals surface area contributed by atoms with E-state index in [4.69, 9.17) is 21.1 Å². The molecule has 0 aromatic heterocycles. The molecule has 1 heterocycles. The molecule has 0 saturated carbocycles. The van der Waals surface area contributed by atoms with Gasteiger partial charge in [-0.05, 0) is 41.5 Å². The predicted molar refractivity (Wildman–Crippen MR) is 128 cm³/mol. The highest BCUT2D eigenvalue weighted by molar-refractivity contribution is 9.10. The summed E-state index contributed by atoms with van der Waals surface area (Å²) in [7, 11) is 1.34. The zero-order chi connectivity index (χ0) is 22.9. The molecule has 0 aliphatic carbocycles. The zero-order valence-corrected chi connectivity index (χ0v) is 20.2. The molecule has 1 atom stereocenters. The second-order valence-electron chi connectivity index (χ2n) is 7.43. The highest BCUT2D eigenvalue weighted by Crippen LogP contribution is 2.32. The summed E-state index contributed by atoms with van der Waals surface area (Å²) in [6.07, 6.45) is 0.382. The Balaban J connectivity index is 1.81. The lowest BCUT2D eigenvalue weighted by Gasteiger charge is -2.26. The molecule has 9 heteroatoms. The van der Waals surface area contributed by atoms with E-state index in [-0.39, 0.29) is 24.5 Å². The summed E-state index contributed by atoms with van der Waals surface area (Å²) < 4.78 is 11.0. The van der Waals surface area contributed by atoms with E-state index in [1.807, 2.05) is 36.4 Å². The molecule has 0 radical (unpaired) electrons. The summed E-state index contributed by atoms with van der Waals surface area (Å²) in [5, 5.41) is 6.85. The van der Waals surface area contributed by atoms with E-state index in [0.717, 1.165) is 28.7 Å². The van der Waals surface area contributed by atoms with Gasteiger partial charge in [-0.2, -0.15) is 0 Å². The highest BCUT2D eigenvalue weighted by Gasteiger charge is 2.21. The molecule has 1 fully saturated rings. The van der Waals surface area contributed by atoms with E-state index in [1.165, 1.54) is 7.11 Å². The van der Waals surface area contributed by atoms with E-state index >= 15 is 0 Å². The summed E-state index contributed by atoms with van der Waals surface area (Å²) in [5.41, 5.74) is 2.34. The number of methoxy groups -OCH3 is 1. The molecule has 1 amide bonds. The van der Waals surface area contributed by atoms with E-state index in [9.17, 15) is 9.59 Å². The third-order valence-corrected chi connectivity index (χ3v) is 5.95. The van der Waals surface area contributed by atoms with E-state index in [2.05, 4.69) is 31.5 Å². The number of esters is 1. The summed E-state index contributed by atoms with van der Waals surface area (Å²) in [6, 6.07) is 12.7. The van der Waals surface area contributed by atoms with Gasteiger partial charge in [0.2, 0.25) is 5.91 Å². The van der Waals surface area contributed by atoms with Crippen molar-refractivity contribution in [3.8, 4) is 0 Å². The lowest BCUT2D eigenvalue weighted by molar-refractivity contribution is -0.139. The van der Waals surface area contributed by atoms with Crippen molar-refractivity contribution in [2.45, 2.75) is 12.5 Å². The molecular weight excluding hydrogens is 498 g/mol. The summed E-state index contributed by atoms with van der Waals surface area (Å²) in [5.74, 6) is -0.457. The lowest BCUT2D eigenvalue weighted by Crippen LogP contribution is -2.38. The molecule has 1 aliphatic rings. The lowest BCUT2D eigenvalue weighted by atomic mass is 9.96. The maximum atomic E-state index is 12.7. The molecule has 7 nitrogen and oxygen atoms in total. The van der Waals surface area contributed by atoms with E-state index in [0.29, 0.717) is 36.9 Å². The molecule has 0 bridgehead atoms. The number of nitrogens with zero attached hydrogens (tertiary/aromatic N) is 1. The second-order valence-corrected chi connectivity index (χ2v) is 8.78. The van der Waals surface area contributed by atoms with Crippen LogP contribution in [0.15, 0.2) is 46.9 Å². The Morgan fingerprint density at radius 1 is 1.22 bits per heavy atom. The van der Waals surface area contributed by atoms with Crippen molar-refractivity contribution in [2.24, 2.45) is 0 Å². The van der Waals surface area contributed by atoms with Gasteiger partial charge >= 0.3 is 5.97 Å². The Bertz CT molecular complexity index is 937. The average Bonchev–Trinajstić information content (AvgIpc) is 2.80. The fourth-order valence-electron chi connectivity index (χ4n) is 3.53. The largest absolute Gasteiger partial charge is 0.468 e. The van der Waals surface area contributed by atoms with Crippen LogP contribution in [0.25, 0.3) is 0 Å². The van der Waals surface area contributed by atoms with Crippen LogP contribution >= 0.6 is 27.5 Å². The van der Waals surface area contributed by atoms with Crippen molar-refractivity contribution < 1.29 is 19.1 Å². The van der Waals surface area contributed by atoms with Crippen LogP contribution in [0, 0.1) is 0 Å². The fraction of sp³-hybridized carbons (Fsp3) is 0.391. The van der Waals surface area contributed by atoms with Crippen molar-refractivity contribution in [3.05, 3.63) is 63.1 Å². The Morgan fingerprint density at radius 2 is 2.00 bits per heavy atom. The number of nitrogens with one attached hydrogen (secondary N) is 2. The first-order valence-corrected chi connectivity index (χ1v) is 11.6. The molecule has 172 valence electrons. The minimum atomic E-state index is -0.389. The van der Waals surface area contributed by atoms with Gasteiger partial charge in [0, 0.05) is 41.2 Å². The minimum absolute atomic E-state index is 0.00457. The van der Waals surface area contributed by atoms with E-state index in [1.54, 1.807) is 6.07 Å². The number of carbonyl (C=O) groups excluding carboxylic acids is 2. The maximum absolute atomic E-state index is 12.7. The number of rotatable bonds is 9. The number of halogens is 2. The maximum Gasteiger partial charge on any atom is 0.319 e.